The van der Waals surface area contributed by atoms with E-state index in [1.54, 1.807) is 13.8 Å². The Kier molecular flexibility index (Phi) is 8.48. The summed E-state index contributed by atoms with van der Waals surface area (Å²) in [7, 11) is 0. The number of ether oxygens (including phenoxy) is 4. The monoisotopic (exact) mass is 504 g/mol. The molecule has 1 heterocycles. The molecule has 0 radical (unpaired) electrons. The van der Waals surface area contributed by atoms with E-state index in [1.165, 1.54) is 13.0 Å². The lowest BCUT2D eigenvalue weighted by Gasteiger charge is -2.48. The average Bonchev–Trinajstić information content (AvgIpc) is 3.45. The lowest BCUT2D eigenvalue weighted by Crippen LogP contribution is -2.57. The standard InChI is InChI=1S/C28H40O8/c1-9-14(3)11-21(31)35-25-16(5)19-12-20(30)22(17(6)34-18(7)29)23(19)24(28(8)13-33-28)26(25)36-27(32)15(4)10-2/h11,15,17,19,22-26H,5,9-10,12-13H2,1-4,6-8H3/t15-,17-,19+,22+,23+,24+,25+,26-,28-/m1/s1. The van der Waals surface area contributed by atoms with Crippen LogP contribution < -0.4 is 0 Å². The smallest absolute Gasteiger partial charge is 0.331 e. The largest absolute Gasteiger partial charge is 0.462 e. The molecule has 8 nitrogen and oxygen atoms in total. The number of carbonyl (C=O) groups is 4. The van der Waals surface area contributed by atoms with Gasteiger partial charge in [0.15, 0.2) is 6.10 Å². The number of ketones is 1. The van der Waals surface area contributed by atoms with Crippen molar-refractivity contribution >= 4 is 23.7 Å². The van der Waals surface area contributed by atoms with Gasteiger partial charge in [-0.15, -0.1) is 0 Å². The zero-order valence-electron chi connectivity index (χ0n) is 22.5. The van der Waals surface area contributed by atoms with Crippen LogP contribution in [0, 0.1) is 29.6 Å². The van der Waals surface area contributed by atoms with Gasteiger partial charge in [0.25, 0.3) is 0 Å². The van der Waals surface area contributed by atoms with Crippen molar-refractivity contribution in [2.24, 2.45) is 29.6 Å². The molecule has 2 saturated carbocycles. The quantitative estimate of drug-likeness (QED) is 0.153. The minimum absolute atomic E-state index is 0.0464. The molecule has 0 N–H and O–H groups in total. The summed E-state index contributed by atoms with van der Waals surface area (Å²) in [5, 5.41) is 0. The Labute approximate surface area is 213 Å². The van der Waals surface area contributed by atoms with Gasteiger partial charge in [-0.25, -0.2) is 4.79 Å². The predicted octanol–water partition coefficient (Wildman–Crippen LogP) is 3.96. The summed E-state index contributed by atoms with van der Waals surface area (Å²) < 4.78 is 23.3. The predicted molar refractivity (Wildman–Crippen MR) is 132 cm³/mol. The number of Topliss-reactive ketones (excluding diaryl/α,β-unsaturated/α-hetero) is 1. The van der Waals surface area contributed by atoms with Crippen LogP contribution in [0.5, 0.6) is 0 Å². The maximum absolute atomic E-state index is 13.3. The van der Waals surface area contributed by atoms with E-state index in [-0.39, 0.29) is 30.0 Å². The van der Waals surface area contributed by atoms with Crippen molar-refractivity contribution in [2.45, 2.75) is 91.6 Å². The van der Waals surface area contributed by atoms with Crippen LogP contribution in [-0.2, 0) is 38.1 Å². The van der Waals surface area contributed by atoms with E-state index in [9.17, 15) is 19.2 Å². The van der Waals surface area contributed by atoms with Crippen LogP contribution in [0.2, 0.25) is 0 Å². The second-order valence-corrected chi connectivity index (χ2v) is 10.8. The van der Waals surface area contributed by atoms with Gasteiger partial charge >= 0.3 is 17.9 Å². The zero-order chi connectivity index (χ0) is 26.9. The molecule has 2 aliphatic carbocycles. The molecule has 3 aliphatic rings. The molecule has 0 spiro atoms. The Bertz CT molecular complexity index is 945. The first-order valence-corrected chi connectivity index (χ1v) is 12.9. The Morgan fingerprint density at radius 2 is 1.83 bits per heavy atom. The van der Waals surface area contributed by atoms with Crippen LogP contribution in [0.4, 0.5) is 0 Å². The van der Waals surface area contributed by atoms with Crippen LogP contribution >= 0.6 is 0 Å². The average molecular weight is 505 g/mol. The van der Waals surface area contributed by atoms with Gasteiger partial charge in [-0.05, 0) is 51.0 Å². The minimum Gasteiger partial charge on any atom is -0.462 e. The number of hydrogen-bond acceptors (Lipinski definition) is 8. The second-order valence-electron chi connectivity index (χ2n) is 10.8. The number of rotatable bonds is 9. The summed E-state index contributed by atoms with van der Waals surface area (Å²) >= 11 is 0. The summed E-state index contributed by atoms with van der Waals surface area (Å²) in [6, 6.07) is 0. The van der Waals surface area contributed by atoms with Gasteiger partial charge in [-0.2, -0.15) is 0 Å². The number of epoxide rings is 1. The van der Waals surface area contributed by atoms with Gasteiger partial charge in [0, 0.05) is 25.3 Å². The SMILES string of the molecule is C=C1[C@@H]2CC(=O)[C@H]([C@@H](C)OC(C)=O)[C@H]2[C@H]([C@@]2(C)CO2)[C@@H](OC(=O)[C@H](C)CC)[C@H]1OC(=O)C=C(C)CC. The zero-order valence-corrected chi connectivity index (χ0v) is 22.5. The van der Waals surface area contributed by atoms with E-state index in [1.807, 2.05) is 27.7 Å². The third kappa shape index (κ3) is 5.58. The van der Waals surface area contributed by atoms with E-state index in [4.69, 9.17) is 18.9 Å². The number of carbonyl (C=O) groups excluding carboxylic acids is 4. The number of hydrogen-bond donors (Lipinski definition) is 0. The Morgan fingerprint density at radius 3 is 2.36 bits per heavy atom. The van der Waals surface area contributed by atoms with Gasteiger partial charge in [0.1, 0.15) is 18.0 Å². The molecule has 0 aromatic heterocycles. The fourth-order valence-electron chi connectivity index (χ4n) is 5.76. The molecule has 9 atom stereocenters. The maximum Gasteiger partial charge on any atom is 0.331 e. The van der Waals surface area contributed by atoms with Gasteiger partial charge in [0.05, 0.1) is 24.0 Å². The summed E-state index contributed by atoms with van der Waals surface area (Å²) in [4.78, 5) is 50.9. The van der Waals surface area contributed by atoms with E-state index < -0.39 is 53.7 Å². The van der Waals surface area contributed by atoms with E-state index in [0.29, 0.717) is 25.0 Å². The molecule has 1 aliphatic heterocycles. The van der Waals surface area contributed by atoms with Gasteiger partial charge in [0.2, 0.25) is 0 Å². The molecular formula is C28H40O8. The topological polar surface area (TPSA) is 109 Å². The van der Waals surface area contributed by atoms with Crippen molar-refractivity contribution in [2.75, 3.05) is 6.61 Å². The van der Waals surface area contributed by atoms with Crippen molar-refractivity contribution in [3.8, 4) is 0 Å². The van der Waals surface area contributed by atoms with Crippen LogP contribution in [0.15, 0.2) is 23.8 Å². The summed E-state index contributed by atoms with van der Waals surface area (Å²) in [6.07, 6.45) is 0.432. The first-order chi connectivity index (χ1) is 16.8. The summed E-state index contributed by atoms with van der Waals surface area (Å²) in [6.45, 7) is 17.1. The van der Waals surface area contributed by atoms with Crippen LogP contribution in [-0.4, -0.2) is 54.2 Å². The molecule has 0 aromatic carbocycles. The van der Waals surface area contributed by atoms with Crippen molar-refractivity contribution in [3.63, 3.8) is 0 Å². The van der Waals surface area contributed by atoms with Gasteiger partial charge in [-0.3, -0.25) is 14.4 Å². The highest BCUT2D eigenvalue weighted by atomic mass is 16.6. The fraction of sp³-hybridized carbons (Fsp3) is 0.714. The molecule has 3 rings (SSSR count). The molecule has 200 valence electrons. The van der Waals surface area contributed by atoms with E-state index in [0.717, 1.165) is 5.57 Å². The maximum atomic E-state index is 13.3. The Balaban J connectivity index is 2.07. The Morgan fingerprint density at radius 1 is 1.19 bits per heavy atom. The molecule has 0 unspecified atom stereocenters. The van der Waals surface area contributed by atoms with Crippen molar-refractivity contribution in [1.82, 2.24) is 0 Å². The van der Waals surface area contributed by atoms with Crippen LogP contribution in [0.1, 0.15) is 67.7 Å². The normalized spacial score (nSPS) is 35.5. The lowest BCUT2D eigenvalue weighted by molar-refractivity contribution is -0.183. The van der Waals surface area contributed by atoms with Crippen LogP contribution in [0.25, 0.3) is 0 Å². The number of esters is 3. The lowest BCUT2D eigenvalue weighted by atomic mass is 9.61. The van der Waals surface area contributed by atoms with Crippen LogP contribution in [0.3, 0.4) is 0 Å². The number of fused-ring (bicyclic) bond motifs is 1. The molecule has 0 bridgehead atoms. The van der Waals surface area contributed by atoms with Crippen molar-refractivity contribution < 1.29 is 38.1 Å². The summed E-state index contributed by atoms with van der Waals surface area (Å²) in [5.74, 6) is -3.54. The van der Waals surface area contributed by atoms with Crippen molar-refractivity contribution in [3.05, 3.63) is 23.8 Å². The minimum atomic E-state index is -0.922. The van der Waals surface area contributed by atoms with E-state index >= 15 is 0 Å². The van der Waals surface area contributed by atoms with Crippen molar-refractivity contribution in [1.29, 1.82) is 0 Å². The molecule has 36 heavy (non-hydrogen) atoms. The molecular weight excluding hydrogens is 464 g/mol. The fourth-order valence-corrected chi connectivity index (χ4v) is 5.76. The van der Waals surface area contributed by atoms with E-state index in [2.05, 4.69) is 6.58 Å². The molecule has 0 aromatic rings. The Hall–Kier alpha value is -2.48. The highest BCUT2D eigenvalue weighted by Gasteiger charge is 2.67. The molecule has 0 amide bonds. The highest BCUT2D eigenvalue weighted by molar-refractivity contribution is 5.86. The number of allylic oxidation sites excluding steroid dienone is 1. The van der Waals surface area contributed by atoms with Gasteiger partial charge < -0.3 is 18.9 Å². The highest BCUT2D eigenvalue weighted by Crippen LogP contribution is 2.58. The first-order valence-electron chi connectivity index (χ1n) is 12.9. The summed E-state index contributed by atoms with van der Waals surface area (Å²) in [5.41, 5.74) is 0.722. The molecule has 1 saturated heterocycles. The second kappa shape index (κ2) is 10.9. The van der Waals surface area contributed by atoms with Gasteiger partial charge in [-0.1, -0.05) is 32.9 Å². The molecule has 3 fully saturated rings. The third-order valence-electron chi connectivity index (χ3n) is 8.18. The molecule has 8 heteroatoms. The third-order valence-corrected chi connectivity index (χ3v) is 8.18. The first kappa shape index (κ1) is 28.1.